The minimum absolute atomic E-state index is 0.0202. The summed E-state index contributed by atoms with van der Waals surface area (Å²) in [5, 5.41) is 9.50. The van der Waals surface area contributed by atoms with Crippen molar-refractivity contribution in [2.45, 2.75) is 32.0 Å². The standard InChI is InChI=1S/C11H15NO2/c1-8-2-3-9(7-12-8)11-6-10(13)4-5-14-11/h2-3,7,10-11,13H,4-6H2,1H3. The maximum atomic E-state index is 9.50. The number of aryl methyl sites for hydroxylation is 1. The van der Waals surface area contributed by atoms with Crippen molar-refractivity contribution in [1.29, 1.82) is 0 Å². The van der Waals surface area contributed by atoms with Crippen LogP contribution in [0.2, 0.25) is 0 Å². The lowest BCUT2D eigenvalue weighted by Crippen LogP contribution is -2.23. The Hall–Kier alpha value is -0.930. The highest BCUT2D eigenvalue weighted by Gasteiger charge is 2.22. The van der Waals surface area contributed by atoms with Crippen molar-refractivity contribution in [1.82, 2.24) is 4.98 Å². The fraction of sp³-hybridized carbons (Fsp3) is 0.545. The van der Waals surface area contributed by atoms with Crippen LogP contribution in [-0.4, -0.2) is 22.8 Å². The van der Waals surface area contributed by atoms with Gasteiger partial charge in [-0.2, -0.15) is 0 Å². The molecule has 2 atom stereocenters. The molecule has 0 radical (unpaired) electrons. The summed E-state index contributed by atoms with van der Waals surface area (Å²) in [7, 11) is 0. The average molecular weight is 193 g/mol. The maximum absolute atomic E-state index is 9.50. The lowest BCUT2D eigenvalue weighted by Gasteiger charge is -2.26. The van der Waals surface area contributed by atoms with Crippen LogP contribution in [0.15, 0.2) is 18.3 Å². The molecule has 0 saturated carbocycles. The van der Waals surface area contributed by atoms with Gasteiger partial charge in [0.2, 0.25) is 0 Å². The molecule has 2 rings (SSSR count). The zero-order valence-corrected chi connectivity index (χ0v) is 8.31. The molecule has 3 nitrogen and oxygen atoms in total. The molecule has 1 aliphatic heterocycles. The molecule has 1 aliphatic rings. The first-order chi connectivity index (χ1) is 6.75. The van der Waals surface area contributed by atoms with Crippen LogP contribution in [0.5, 0.6) is 0 Å². The van der Waals surface area contributed by atoms with Crippen molar-refractivity contribution < 1.29 is 9.84 Å². The summed E-state index contributed by atoms with van der Waals surface area (Å²) in [4.78, 5) is 4.22. The second-order valence-electron chi connectivity index (χ2n) is 3.77. The Morgan fingerprint density at radius 2 is 2.36 bits per heavy atom. The van der Waals surface area contributed by atoms with Gasteiger partial charge in [-0.25, -0.2) is 0 Å². The Morgan fingerprint density at radius 3 is 3.00 bits per heavy atom. The molecule has 0 amide bonds. The summed E-state index contributed by atoms with van der Waals surface area (Å²) in [6, 6.07) is 3.99. The van der Waals surface area contributed by atoms with Gasteiger partial charge in [-0.15, -0.1) is 0 Å². The number of rotatable bonds is 1. The first kappa shape index (κ1) is 9.62. The van der Waals surface area contributed by atoms with Gasteiger partial charge >= 0.3 is 0 Å². The summed E-state index contributed by atoms with van der Waals surface area (Å²) in [5.74, 6) is 0. The van der Waals surface area contributed by atoms with E-state index in [0.717, 1.165) is 17.7 Å². The third-order valence-electron chi connectivity index (χ3n) is 2.56. The minimum Gasteiger partial charge on any atom is -0.393 e. The van der Waals surface area contributed by atoms with Gasteiger partial charge in [0.15, 0.2) is 0 Å². The van der Waals surface area contributed by atoms with Crippen molar-refractivity contribution >= 4 is 0 Å². The predicted octanol–water partition coefficient (Wildman–Crippen LogP) is 1.60. The minimum atomic E-state index is -0.227. The summed E-state index contributed by atoms with van der Waals surface area (Å²) >= 11 is 0. The molecule has 76 valence electrons. The summed E-state index contributed by atoms with van der Waals surface area (Å²) in [6.07, 6.45) is 3.06. The summed E-state index contributed by atoms with van der Waals surface area (Å²) in [5.41, 5.74) is 2.07. The number of ether oxygens (including phenoxy) is 1. The van der Waals surface area contributed by atoms with Crippen molar-refractivity contribution in [2.75, 3.05) is 6.61 Å². The molecule has 1 N–H and O–H groups in total. The van der Waals surface area contributed by atoms with Crippen LogP contribution in [0, 0.1) is 6.92 Å². The molecule has 1 saturated heterocycles. The van der Waals surface area contributed by atoms with Crippen LogP contribution in [-0.2, 0) is 4.74 Å². The van der Waals surface area contributed by atoms with Gasteiger partial charge in [-0.05, 0) is 25.0 Å². The lowest BCUT2D eigenvalue weighted by molar-refractivity contribution is -0.0449. The molecule has 14 heavy (non-hydrogen) atoms. The summed E-state index contributed by atoms with van der Waals surface area (Å²) in [6.45, 7) is 2.60. The van der Waals surface area contributed by atoms with E-state index < -0.39 is 0 Å². The number of pyridine rings is 1. The van der Waals surface area contributed by atoms with Crippen molar-refractivity contribution in [3.63, 3.8) is 0 Å². The quantitative estimate of drug-likeness (QED) is 0.736. The molecule has 2 unspecified atom stereocenters. The zero-order chi connectivity index (χ0) is 9.97. The molecule has 1 aromatic heterocycles. The first-order valence-electron chi connectivity index (χ1n) is 4.98. The van der Waals surface area contributed by atoms with Gasteiger partial charge in [0.25, 0.3) is 0 Å². The molecular formula is C11H15NO2. The molecule has 0 aliphatic carbocycles. The van der Waals surface area contributed by atoms with E-state index in [2.05, 4.69) is 4.98 Å². The van der Waals surface area contributed by atoms with Gasteiger partial charge in [0.05, 0.1) is 12.2 Å². The van der Waals surface area contributed by atoms with Gasteiger partial charge in [-0.3, -0.25) is 4.98 Å². The Bertz CT molecular complexity index is 297. The summed E-state index contributed by atoms with van der Waals surface area (Å²) < 4.78 is 5.57. The number of aliphatic hydroxyl groups excluding tert-OH is 1. The van der Waals surface area contributed by atoms with Crippen LogP contribution >= 0.6 is 0 Å². The Kier molecular flexibility index (Phi) is 2.79. The molecule has 0 aromatic carbocycles. The van der Waals surface area contributed by atoms with E-state index in [1.807, 2.05) is 25.3 Å². The second-order valence-corrected chi connectivity index (χ2v) is 3.77. The van der Waals surface area contributed by atoms with Crippen molar-refractivity contribution in [3.05, 3.63) is 29.6 Å². The van der Waals surface area contributed by atoms with E-state index in [1.54, 1.807) is 0 Å². The van der Waals surface area contributed by atoms with Crippen LogP contribution in [0.25, 0.3) is 0 Å². The maximum Gasteiger partial charge on any atom is 0.0864 e. The van der Waals surface area contributed by atoms with E-state index in [4.69, 9.17) is 4.74 Å². The molecule has 0 spiro atoms. The number of aliphatic hydroxyl groups is 1. The van der Waals surface area contributed by atoms with Crippen molar-refractivity contribution in [2.24, 2.45) is 0 Å². The van der Waals surface area contributed by atoms with Gasteiger partial charge < -0.3 is 9.84 Å². The fourth-order valence-electron chi connectivity index (χ4n) is 1.68. The molecule has 1 fully saturated rings. The lowest BCUT2D eigenvalue weighted by atomic mass is 10.0. The van der Waals surface area contributed by atoms with Gasteiger partial charge in [0, 0.05) is 24.9 Å². The highest BCUT2D eigenvalue weighted by molar-refractivity contribution is 5.16. The average Bonchev–Trinajstić information content (AvgIpc) is 2.19. The second kappa shape index (κ2) is 4.07. The molecule has 3 heteroatoms. The van der Waals surface area contributed by atoms with Crippen LogP contribution in [0.3, 0.4) is 0 Å². The number of nitrogens with zero attached hydrogens (tertiary/aromatic N) is 1. The Balaban J connectivity index is 2.10. The smallest absolute Gasteiger partial charge is 0.0864 e. The number of hydrogen-bond donors (Lipinski definition) is 1. The number of hydrogen-bond acceptors (Lipinski definition) is 3. The Labute approximate surface area is 83.7 Å². The van der Waals surface area contributed by atoms with Crippen molar-refractivity contribution in [3.8, 4) is 0 Å². The predicted molar refractivity (Wildman–Crippen MR) is 52.9 cm³/mol. The first-order valence-corrected chi connectivity index (χ1v) is 4.98. The highest BCUT2D eigenvalue weighted by atomic mass is 16.5. The highest BCUT2D eigenvalue weighted by Crippen LogP contribution is 2.27. The molecule has 2 heterocycles. The zero-order valence-electron chi connectivity index (χ0n) is 8.31. The van der Waals surface area contributed by atoms with E-state index in [9.17, 15) is 5.11 Å². The van der Waals surface area contributed by atoms with E-state index in [0.29, 0.717) is 13.0 Å². The molecule has 0 bridgehead atoms. The monoisotopic (exact) mass is 193 g/mol. The number of aromatic nitrogens is 1. The van der Waals surface area contributed by atoms with Crippen LogP contribution in [0.1, 0.15) is 30.2 Å². The largest absolute Gasteiger partial charge is 0.393 e. The molecule has 1 aromatic rings. The van der Waals surface area contributed by atoms with E-state index in [-0.39, 0.29) is 12.2 Å². The van der Waals surface area contributed by atoms with Crippen LogP contribution in [0.4, 0.5) is 0 Å². The molecular weight excluding hydrogens is 178 g/mol. The van der Waals surface area contributed by atoms with E-state index >= 15 is 0 Å². The van der Waals surface area contributed by atoms with E-state index in [1.165, 1.54) is 0 Å². The normalized spacial score (nSPS) is 27.6. The third-order valence-corrected chi connectivity index (χ3v) is 2.56. The third kappa shape index (κ3) is 2.11. The van der Waals surface area contributed by atoms with Gasteiger partial charge in [-0.1, -0.05) is 6.07 Å². The topological polar surface area (TPSA) is 42.4 Å². The fourth-order valence-corrected chi connectivity index (χ4v) is 1.68. The SMILES string of the molecule is Cc1ccc(C2CC(O)CCO2)cn1. The Morgan fingerprint density at radius 1 is 1.50 bits per heavy atom. The van der Waals surface area contributed by atoms with Crippen LogP contribution < -0.4 is 0 Å². The van der Waals surface area contributed by atoms with Gasteiger partial charge in [0.1, 0.15) is 0 Å².